The van der Waals surface area contributed by atoms with Crippen molar-refractivity contribution in [1.29, 1.82) is 0 Å². The highest BCUT2D eigenvalue weighted by atomic mass is 19.4. The largest absolute Gasteiger partial charge is 0.416 e. The summed E-state index contributed by atoms with van der Waals surface area (Å²) in [6, 6.07) is 4.55. The molecular formula is C21H31F3N4O2. The maximum Gasteiger partial charge on any atom is 0.416 e. The van der Waals surface area contributed by atoms with E-state index in [9.17, 15) is 13.2 Å². The third kappa shape index (κ3) is 5.78. The Kier molecular flexibility index (Phi) is 7.82. The second-order valence-corrected chi connectivity index (χ2v) is 7.66. The summed E-state index contributed by atoms with van der Waals surface area (Å²) in [4.78, 5) is 8.56. The highest BCUT2D eigenvalue weighted by Crippen LogP contribution is 2.35. The summed E-state index contributed by atoms with van der Waals surface area (Å²) in [5, 5.41) is 3.21. The van der Waals surface area contributed by atoms with Crippen LogP contribution in [0.2, 0.25) is 0 Å². The van der Waals surface area contributed by atoms with Crippen LogP contribution in [0.3, 0.4) is 0 Å². The number of rotatable bonds is 6. The van der Waals surface area contributed by atoms with Gasteiger partial charge in [0.2, 0.25) is 0 Å². The molecule has 1 aromatic rings. The Labute approximate surface area is 176 Å². The summed E-state index contributed by atoms with van der Waals surface area (Å²) in [6.07, 6.45) is -3.44. The molecule has 0 amide bonds. The van der Waals surface area contributed by atoms with E-state index in [0.717, 1.165) is 19.5 Å². The molecule has 0 saturated carbocycles. The van der Waals surface area contributed by atoms with Gasteiger partial charge < -0.3 is 24.6 Å². The van der Waals surface area contributed by atoms with Gasteiger partial charge in [-0.2, -0.15) is 13.2 Å². The number of benzene rings is 1. The highest BCUT2D eigenvalue weighted by Gasteiger charge is 2.34. The molecule has 0 aromatic heterocycles. The molecule has 168 valence electrons. The van der Waals surface area contributed by atoms with E-state index in [0.29, 0.717) is 57.0 Å². The molecule has 2 aliphatic heterocycles. The van der Waals surface area contributed by atoms with Crippen molar-refractivity contribution in [2.75, 3.05) is 64.6 Å². The monoisotopic (exact) mass is 428 g/mol. The van der Waals surface area contributed by atoms with E-state index >= 15 is 0 Å². The van der Waals surface area contributed by atoms with E-state index in [1.54, 1.807) is 19.2 Å². The molecule has 9 heteroatoms. The minimum absolute atomic E-state index is 0.0218. The fraction of sp³-hybridized carbons (Fsp3) is 0.667. The van der Waals surface area contributed by atoms with Crippen molar-refractivity contribution in [1.82, 2.24) is 10.2 Å². The lowest BCUT2D eigenvalue weighted by Crippen LogP contribution is -2.40. The molecule has 1 atom stereocenters. The molecule has 0 spiro atoms. The van der Waals surface area contributed by atoms with Gasteiger partial charge in [0.05, 0.1) is 31.9 Å². The molecule has 1 aromatic carbocycles. The molecule has 0 radical (unpaired) electrons. The summed E-state index contributed by atoms with van der Waals surface area (Å²) in [7, 11) is 1.68. The number of methoxy groups -OCH3 is 1. The zero-order valence-electron chi connectivity index (χ0n) is 17.7. The Balaban J connectivity index is 1.79. The van der Waals surface area contributed by atoms with Crippen molar-refractivity contribution in [2.24, 2.45) is 10.9 Å². The first-order valence-electron chi connectivity index (χ1n) is 10.5. The second-order valence-electron chi connectivity index (χ2n) is 7.66. The van der Waals surface area contributed by atoms with Crippen molar-refractivity contribution >= 4 is 11.6 Å². The van der Waals surface area contributed by atoms with Gasteiger partial charge >= 0.3 is 6.18 Å². The second kappa shape index (κ2) is 10.3. The lowest BCUT2D eigenvalue weighted by molar-refractivity contribution is -0.138. The van der Waals surface area contributed by atoms with E-state index in [2.05, 4.69) is 15.2 Å². The molecule has 2 aliphatic rings. The number of guanidine groups is 1. The number of nitrogens with one attached hydrogen (secondary N) is 1. The normalized spacial score (nSPS) is 20.7. The summed E-state index contributed by atoms with van der Waals surface area (Å²) in [5.74, 6) is 1.07. The number of anilines is 1. The van der Waals surface area contributed by atoms with Crippen LogP contribution in [0.25, 0.3) is 0 Å². The molecule has 2 fully saturated rings. The van der Waals surface area contributed by atoms with E-state index in [1.165, 1.54) is 6.07 Å². The Bertz CT molecular complexity index is 721. The lowest BCUT2D eigenvalue weighted by Gasteiger charge is -2.29. The first-order chi connectivity index (χ1) is 14.4. The average Bonchev–Trinajstić information content (AvgIpc) is 3.20. The number of halogens is 3. The number of aliphatic imine (C=N–C) groups is 1. The van der Waals surface area contributed by atoms with Crippen molar-refractivity contribution in [3.8, 4) is 0 Å². The summed E-state index contributed by atoms with van der Waals surface area (Å²) in [6.45, 7) is 7.13. The lowest BCUT2D eigenvalue weighted by atomic mass is 10.1. The molecule has 6 nitrogen and oxygen atoms in total. The fourth-order valence-electron chi connectivity index (χ4n) is 3.97. The van der Waals surface area contributed by atoms with E-state index < -0.39 is 11.7 Å². The maximum atomic E-state index is 13.8. The van der Waals surface area contributed by atoms with Crippen LogP contribution in [-0.2, 0) is 22.2 Å². The van der Waals surface area contributed by atoms with Crippen LogP contribution in [0.1, 0.15) is 24.5 Å². The Morgan fingerprint density at radius 3 is 2.70 bits per heavy atom. The van der Waals surface area contributed by atoms with E-state index in [-0.39, 0.29) is 12.1 Å². The minimum Gasteiger partial charge on any atom is -0.384 e. The Morgan fingerprint density at radius 2 is 2.03 bits per heavy atom. The third-order valence-corrected chi connectivity index (χ3v) is 5.50. The first-order valence-corrected chi connectivity index (χ1v) is 10.5. The smallest absolute Gasteiger partial charge is 0.384 e. The van der Waals surface area contributed by atoms with Crippen LogP contribution in [0.5, 0.6) is 0 Å². The van der Waals surface area contributed by atoms with Gasteiger partial charge in [0, 0.05) is 51.4 Å². The van der Waals surface area contributed by atoms with Gasteiger partial charge in [-0.3, -0.25) is 0 Å². The molecule has 0 bridgehead atoms. The standard InChI is InChI=1S/C21H31F3N4O2/c1-3-25-20(28-7-6-16(14-28)15-29-2)26-13-17-4-5-18(12-19(17)21(22,23)24)27-8-10-30-11-9-27/h4-5,12,16H,3,6-11,13-15H2,1-2H3,(H,25,26). The van der Waals surface area contributed by atoms with Crippen LogP contribution in [0, 0.1) is 5.92 Å². The van der Waals surface area contributed by atoms with Crippen molar-refractivity contribution in [3.05, 3.63) is 29.3 Å². The van der Waals surface area contributed by atoms with Gasteiger partial charge in [0.15, 0.2) is 5.96 Å². The zero-order chi connectivity index (χ0) is 21.6. The highest BCUT2D eigenvalue weighted by molar-refractivity contribution is 5.80. The third-order valence-electron chi connectivity index (χ3n) is 5.50. The van der Waals surface area contributed by atoms with Crippen LogP contribution in [0.4, 0.5) is 18.9 Å². The molecule has 1 unspecified atom stereocenters. The number of ether oxygens (including phenoxy) is 2. The molecule has 0 aliphatic carbocycles. The predicted molar refractivity (Wildman–Crippen MR) is 111 cm³/mol. The van der Waals surface area contributed by atoms with Gasteiger partial charge in [-0.25, -0.2) is 4.99 Å². The van der Waals surface area contributed by atoms with Gasteiger partial charge in [-0.1, -0.05) is 6.07 Å². The summed E-state index contributed by atoms with van der Waals surface area (Å²) >= 11 is 0. The molecule has 2 saturated heterocycles. The molecule has 3 rings (SSSR count). The number of likely N-dealkylation sites (tertiary alicyclic amines) is 1. The van der Waals surface area contributed by atoms with Crippen LogP contribution in [0.15, 0.2) is 23.2 Å². The molecule has 2 heterocycles. The average molecular weight is 428 g/mol. The maximum absolute atomic E-state index is 13.8. The zero-order valence-corrected chi connectivity index (χ0v) is 17.7. The van der Waals surface area contributed by atoms with Gasteiger partial charge in [0.25, 0.3) is 0 Å². The minimum atomic E-state index is -4.43. The van der Waals surface area contributed by atoms with Crippen molar-refractivity contribution in [3.63, 3.8) is 0 Å². The molecule has 1 N–H and O–H groups in total. The van der Waals surface area contributed by atoms with Crippen LogP contribution in [-0.4, -0.2) is 70.5 Å². The Hall–Kier alpha value is -2.00. The van der Waals surface area contributed by atoms with E-state index in [1.807, 2.05) is 11.8 Å². The SMILES string of the molecule is CCNC(=NCc1ccc(N2CCOCC2)cc1C(F)(F)F)N1CCC(COC)C1. The van der Waals surface area contributed by atoms with Gasteiger partial charge in [0.1, 0.15) is 0 Å². The van der Waals surface area contributed by atoms with Crippen LogP contribution >= 0.6 is 0 Å². The number of hydrogen-bond donors (Lipinski definition) is 1. The topological polar surface area (TPSA) is 49.3 Å². The summed E-state index contributed by atoms with van der Waals surface area (Å²) in [5.41, 5.74) is 0.138. The number of morpholine rings is 1. The number of alkyl halides is 3. The molecular weight excluding hydrogens is 397 g/mol. The quantitative estimate of drug-likeness (QED) is 0.558. The number of nitrogens with zero attached hydrogens (tertiary/aromatic N) is 3. The van der Waals surface area contributed by atoms with E-state index in [4.69, 9.17) is 9.47 Å². The predicted octanol–water partition coefficient (Wildman–Crippen LogP) is 2.98. The van der Waals surface area contributed by atoms with Gasteiger partial charge in [-0.05, 0) is 31.0 Å². The van der Waals surface area contributed by atoms with Crippen molar-refractivity contribution in [2.45, 2.75) is 26.1 Å². The summed E-state index contributed by atoms with van der Waals surface area (Å²) < 4.78 is 51.9. The van der Waals surface area contributed by atoms with Crippen LogP contribution < -0.4 is 10.2 Å². The van der Waals surface area contributed by atoms with Crippen molar-refractivity contribution < 1.29 is 22.6 Å². The Morgan fingerprint density at radius 1 is 1.27 bits per heavy atom. The molecule has 30 heavy (non-hydrogen) atoms. The number of hydrogen-bond acceptors (Lipinski definition) is 4. The van der Waals surface area contributed by atoms with Gasteiger partial charge in [-0.15, -0.1) is 0 Å². The fourth-order valence-corrected chi connectivity index (χ4v) is 3.97. The first kappa shape index (κ1) is 22.7.